The fraction of sp³-hybridized carbons (Fsp3) is 0.818. The standard InChI is InChI=1S/C11H23N3O3/c1-7(2)10(12)11(17)14-5-9(16)13-4-8(3)6-15/h7-8,10,15H,4-6,12H2,1-3H3,(H,13,16)(H,14,17)/t8?,10-/m0/s1. The maximum atomic E-state index is 11.4. The molecule has 0 aliphatic carbocycles. The highest BCUT2D eigenvalue weighted by molar-refractivity contribution is 5.87. The van der Waals surface area contributed by atoms with Crippen molar-refractivity contribution in [1.29, 1.82) is 0 Å². The topological polar surface area (TPSA) is 104 Å². The van der Waals surface area contributed by atoms with Gasteiger partial charge in [-0.05, 0) is 11.8 Å². The number of amides is 2. The van der Waals surface area contributed by atoms with Crippen LogP contribution in [0.25, 0.3) is 0 Å². The van der Waals surface area contributed by atoms with Gasteiger partial charge in [-0.15, -0.1) is 0 Å². The van der Waals surface area contributed by atoms with Gasteiger partial charge in [0, 0.05) is 13.2 Å². The molecule has 0 fully saturated rings. The molecule has 0 rings (SSSR count). The highest BCUT2D eigenvalue weighted by Crippen LogP contribution is 1.97. The van der Waals surface area contributed by atoms with E-state index in [1.165, 1.54) is 0 Å². The molecule has 0 heterocycles. The van der Waals surface area contributed by atoms with Crippen molar-refractivity contribution in [2.75, 3.05) is 19.7 Å². The van der Waals surface area contributed by atoms with Gasteiger partial charge in [0.2, 0.25) is 11.8 Å². The Balaban J connectivity index is 3.81. The van der Waals surface area contributed by atoms with Crippen LogP contribution in [0.5, 0.6) is 0 Å². The molecule has 0 aromatic rings. The van der Waals surface area contributed by atoms with E-state index < -0.39 is 6.04 Å². The molecule has 0 saturated heterocycles. The lowest BCUT2D eigenvalue weighted by atomic mass is 10.1. The summed E-state index contributed by atoms with van der Waals surface area (Å²) in [5.74, 6) is -0.569. The van der Waals surface area contributed by atoms with Gasteiger partial charge in [0.05, 0.1) is 12.6 Å². The molecule has 0 aromatic heterocycles. The smallest absolute Gasteiger partial charge is 0.239 e. The lowest BCUT2D eigenvalue weighted by Crippen LogP contribution is -2.47. The summed E-state index contributed by atoms with van der Waals surface area (Å²) < 4.78 is 0. The van der Waals surface area contributed by atoms with Crippen LogP contribution in [0, 0.1) is 11.8 Å². The van der Waals surface area contributed by atoms with Gasteiger partial charge in [0.15, 0.2) is 0 Å². The fourth-order valence-electron chi connectivity index (χ4n) is 1.00. The van der Waals surface area contributed by atoms with Gasteiger partial charge in [-0.3, -0.25) is 9.59 Å². The van der Waals surface area contributed by atoms with Crippen LogP contribution in [-0.4, -0.2) is 42.7 Å². The molecule has 0 aliphatic rings. The molecule has 0 radical (unpaired) electrons. The number of nitrogens with one attached hydrogen (secondary N) is 2. The highest BCUT2D eigenvalue weighted by Gasteiger charge is 2.17. The van der Waals surface area contributed by atoms with Gasteiger partial charge >= 0.3 is 0 Å². The van der Waals surface area contributed by atoms with E-state index in [1.807, 2.05) is 20.8 Å². The third kappa shape index (κ3) is 6.91. The van der Waals surface area contributed by atoms with Crippen LogP contribution >= 0.6 is 0 Å². The molecule has 1 unspecified atom stereocenters. The Bertz CT molecular complexity index is 256. The van der Waals surface area contributed by atoms with Crippen molar-refractivity contribution in [1.82, 2.24) is 10.6 Å². The quantitative estimate of drug-likeness (QED) is 0.453. The second kappa shape index (κ2) is 8.03. The number of hydrogen-bond donors (Lipinski definition) is 4. The molecule has 17 heavy (non-hydrogen) atoms. The molecular formula is C11H23N3O3. The third-order valence-electron chi connectivity index (χ3n) is 2.40. The second-order valence-corrected chi connectivity index (χ2v) is 4.58. The van der Waals surface area contributed by atoms with E-state index in [4.69, 9.17) is 10.8 Å². The van der Waals surface area contributed by atoms with E-state index in [0.29, 0.717) is 6.54 Å². The minimum atomic E-state index is -0.598. The van der Waals surface area contributed by atoms with E-state index in [1.54, 1.807) is 0 Å². The molecular weight excluding hydrogens is 222 g/mol. The zero-order valence-corrected chi connectivity index (χ0v) is 10.7. The van der Waals surface area contributed by atoms with Gasteiger partial charge in [0.25, 0.3) is 0 Å². The summed E-state index contributed by atoms with van der Waals surface area (Å²) in [6, 6.07) is -0.598. The van der Waals surface area contributed by atoms with E-state index in [0.717, 1.165) is 0 Å². The summed E-state index contributed by atoms with van der Waals surface area (Å²) in [5.41, 5.74) is 5.61. The molecule has 2 amide bonds. The maximum absolute atomic E-state index is 11.4. The highest BCUT2D eigenvalue weighted by atomic mass is 16.3. The number of hydrogen-bond acceptors (Lipinski definition) is 4. The third-order valence-corrected chi connectivity index (χ3v) is 2.40. The molecule has 0 spiro atoms. The number of nitrogens with two attached hydrogens (primary N) is 1. The van der Waals surface area contributed by atoms with Crippen LogP contribution < -0.4 is 16.4 Å². The van der Waals surface area contributed by atoms with Crippen molar-refractivity contribution in [3.63, 3.8) is 0 Å². The maximum Gasteiger partial charge on any atom is 0.239 e. The van der Waals surface area contributed by atoms with Crippen LogP contribution in [0.3, 0.4) is 0 Å². The predicted molar refractivity (Wildman–Crippen MR) is 65.1 cm³/mol. The summed E-state index contributed by atoms with van der Waals surface area (Å²) >= 11 is 0. The van der Waals surface area contributed by atoms with Gasteiger partial charge < -0.3 is 21.5 Å². The minimum absolute atomic E-state index is 0.00701. The molecule has 2 atom stereocenters. The average molecular weight is 245 g/mol. The lowest BCUT2D eigenvalue weighted by Gasteiger charge is -2.15. The number of aliphatic hydroxyl groups excluding tert-OH is 1. The molecule has 0 aliphatic heterocycles. The van der Waals surface area contributed by atoms with Crippen molar-refractivity contribution >= 4 is 11.8 Å². The van der Waals surface area contributed by atoms with E-state index in [2.05, 4.69) is 10.6 Å². The SMILES string of the molecule is CC(CO)CNC(=O)CNC(=O)[C@@H](N)C(C)C. The first kappa shape index (κ1) is 15.9. The van der Waals surface area contributed by atoms with E-state index in [9.17, 15) is 9.59 Å². The van der Waals surface area contributed by atoms with E-state index in [-0.39, 0.29) is 36.8 Å². The summed E-state index contributed by atoms with van der Waals surface area (Å²) in [5, 5.41) is 13.8. The normalized spacial score (nSPS) is 14.2. The van der Waals surface area contributed by atoms with Crippen molar-refractivity contribution < 1.29 is 14.7 Å². The number of carbonyl (C=O) groups excluding carboxylic acids is 2. The Morgan fingerprint density at radius 3 is 2.29 bits per heavy atom. The molecule has 6 heteroatoms. The first-order chi connectivity index (χ1) is 7.88. The first-order valence-electron chi connectivity index (χ1n) is 5.79. The van der Waals surface area contributed by atoms with E-state index >= 15 is 0 Å². The summed E-state index contributed by atoms with van der Waals surface area (Å²) in [6.07, 6.45) is 0. The Kier molecular flexibility index (Phi) is 7.49. The van der Waals surface area contributed by atoms with Crippen molar-refractivity contribution in [2.45, 2.75) is 26.8 Å². The lowest BCUT2D eigenvalue weighted by molar-refractivity contribution is -0.127. The van der Waals surface area contributed by atoms with Crippen LogP contribution in [0.1, 0.15) is 20.8 Å². The predicted octanol–water partition coefficient (Wildman–Crippen LogP) is -1.17. The Morgan fingerprint density at radius 1 is 1.24 bits per heavy atom. The molecule has 6 nitrogen and oxygen atoms in total. The van der Waals surface area contributed by atoms with Crippen molar-refractivity contribution in [3.05, 3.63) is 0 Å². The Hall–Kier alpha value is -1.14. The zero-order chi connectivity index (χ0) is 13.4. The average Bonchev–Trinajstić information content (AvgIpc) is 2.31. The number of aliphatic hydroxyl groups is 1. The van der Waals surface area contributed by atoms with Crippen LogP contribution in [0.4, 0.5) is 0 Å². The Labute approximate surface area is 102 Å². The summed E-state index contributed by atoms with van der Waals surface area (Å²) in [6.45, 7) is 5.82. The van der Waals surface area contributed by atoms with Crippen LogP contribution in [-0.2, 0) is 9.59 Å². The summed E-state index contributed by atoms with van der Waals surface area (Å²) in [7, 11) is 0. The Morgan fingerprint density at radius 2 is 1.82 bits per heavy atom. The van der Waals surface area contributed by atoms with Gasteiger partial charge in [-0.25, -0.2) is 0 Å². The molecule has 0 saturated carbocycles. The second-order valence-electron chi connectivity index (χ2n) is 4.58. The van der Waals surface area contributed by atoms with Crippen LogP contribution in [0.15, 0.2) is 0 Å². The van der Waals surface area contributed by atoms with Crippen molar-refractivity contribution in [2.24, 2.45) is 17.6 Å². The van der Waals surface area contributed by atoms with Crippen molar-refractivity contribution in [3.8, 4) is 0 Å². The van der Waals surface area contributed by atoms with Gasteiger partial charge in [0.1, 0.15) is 0 Å². The number of rotatable bonds is 7. The zero-order valence-electron chi connectivity index (χ0n) is 10.7. The monoisotopic (exact) mass is 245 g/mol. The molecule has 0 bridgehead atoms. The molecule has 0 aromatic carbocycles. The molecule has 5 N–H and O–H groups in total. The minimum Gasteiger partial charge on any atom is -0.396 e. The fourth-order valence-corrected chi connectivity index (χ4v) is 1.00. The number of carbonyl (C=O) groups is 2. The van der Waals surface area contributed by atoms with Gasteiger partial charge in [-0.2, -0.15) is 0 Å². The molecule has 100 valence electrons. The largest absolute Gasteiger partial charge is 0.396 e. The van der Waals surface area contributed by atoms with Gasteiger partial charge in [-0.1, -0.05) is 20.8 Å². The first-order valence-corrected chi connectivity index (χ1v) is 5.79. The van der Waals surface area contributed by atoms with Crippen LogP contribution in [0.2, 0.25) is 0 Å². The summed E-state index contributed by atoms with van der Waals surface area (Å²) in [4.78, 5) is 22.7.